The van der Waals surface area contributed by atoms with Crippen molar-refractivity contribution in [2.75, 3.05) is 11.1 Å². The van der Waals surface area contributed by atoms with Crippen molar-refractivity contribution in [3.05, 3.63) is 45.1 Å². The Labute approximate surface area is 192 Å². The number of para-hydroxylation sites is 2. The van der Waals surface area contributed by atoms with Gasteiger partial charge in [-0.25, -0.2) is 4.98 Å². The van der Waals surface area contributed by atoms with Crippen molar-refractivity contribution in [1.82, 2.24) is 9.55 Å². The molecule has 1 unspecified atom stereocenters. The number of thiophene rings is 1. The first-order valence-electron chi connectivity index (χ1n) is 10.4. The van der Waals surface area contributed by atoms with Crippen LogP contribution in [0, 0.1) is 5.92 Å². The molecule has 1 aromatic carbocycles. The highest BCUT2D eigenvalue weighted by Gasteiger charge is 2.24. The second-order valence-electron chi connectivity index (χ2n) is 7.69. The summed E-state index contributed by atoms with van der Waals surface area (Å²) in [5.41, 5.74) is 1.23. The maximum Gasteiger partial charge on any atom is 0.387 e. The Balaban J connectivity index is 1.55. The van der Waals surface area contributed by atoms with E-state index in [0.29, 0.717) is 23.0 Å². The zero-order chi connectivity index (χ0) is 22.8. The van der Waals surface area contributed by atoms with E-state index in [1.165, 1.54) is 17.0 Å². The molecule has 0 spiro atoms. The molecule has 1 aliphatic carbocycles. The average Bonchev–Trinajstić information content (AvgIpc) is 3.11. The van der Waals surface area contributed by atoms with E-state index in [-0.39, 0.29) is 22.7 Å². The van der Waals surface area contributed by atoms with Crippen LogP contribution in [0.15, 0.2) is 34.2 Å². The second kappa shape index (κ2) is 9.58. The minimum atomic E-state index is -2.99. The lowest BCUT2D eigenvalue weighted by atomic mass is 9.89. The molecule has 32 heavy (non-hydrogen) atoms. The summed E-state index contributed by atoms with van der Waals surface area (Å²) in [5, 5.41) is 3.78. The first-order valence-corrected chi connectivity index (χ1v) is 12.2. The number of hydrogen-bond acceptors (Lipinski definition) is 6. The normalized spacial score (nSPS) is 15.7. The number of halogens is 2. The molecular weight excluding hydrogens is 456 g/mol. The van der Waals surface area contributed by atoms with E-state index in [1.807, 2.05) is 6.92 Å². The van der Waals surface area contributed by atoms with Crippen LogP contribution in [0.1, 0.15) is 30.7 Å². The smallest absolute Gasteiger partial charge is 0.387 e. The van der Waals surface area contributed by atoms with Crippen molar-refractivity contribution in [3.63, 3.8) is 0 Å². The van der Waals surface area contributed by atoms with Crippen molar-refractivity contribution in [2.24, 2.45) is 5.92 Å². The molecule has 0 fully saturated rings. The Morgan fingerprint density at radius 3 is 2.94 bits per heavy atom. The number of nitrogens with zero attached hydrogens (tertiary/aromatic N) is 2. The molecule has 1 N–H and O–H groups in total. The SMILES string of the molecule is CCn1c(SCC(=O)Nc2ccccc2OC(F)F)nc2sc3c(c2c1=O)CCC(C)C3. The molecule has 10 heteroatoms. The number of benzene rings is 1. The van der Waals surface area contributed by atoms with Crippen LogP contribution in [-0.2, 0) is 24.2 Å². The molecule has 6 nitrogen and oxygen atoms in total. The highest BCUT2D eigenvalue weighted by atomic mass is 32.2. The first kappa shape index (κ1) is 22.7. The van der Waals surface area contributed by atoms with Crippen LogP contribution < -0.4 is 15.6 Å². The molecule has 1 atom stereocenters. The van der Waals surface area contributed by atoms with Gasteiger partial charge >= 0.3 is 6.61 Å². The summed E-state index contributed by atoms with van der Waals surface area (Å²) in [5.74, 6) is 0.0580. The summed E-state index contributed by atoms with van der Waals surface area (Å²) in [6.07, 6.45) is 2.93. The van der Waals surface area contributed by atoms with Crippen LogP contribution in [0.25, 0.3) is 10.2 Å². The molecule has 0 bridgehead atoms. The molecule has 0 saturated heterocycles. The number of aryl methyl sites for hydroxylation is 1. The van der Waals surface area contributed by atoms with E-state index >= 15 is 0 Å². The topological polar surface area (TPSA) is 73.2 Å². The standard InChI is InChI=1S/C22H23F2N3O3S2/c1-3-27-20(29)18-13-9-8-12(2)10-16(13)32-19(18)26-22(27)31-11-17(28)25-14-6-4-5-7-15(14)30-21(23)24/h4-7,12,21H,3,8-11H2,1-2H3,(H,25,28). The number of fused-ring (bicyclic) bond motifs is 3. The van der Waals surface area contributed by atoms with Gasteiger partial charge in [0.1, 0.15) is 10.6 Å². The van der Waals surface area contributed by atoms with Crippen LogP contribution in [0.2, 0.25) is 0 Å². The molecule has 1 aliphatic rings. The number of alkyl halides is 2. The average molecular weight is 480 g/mol. The number of thioether (sulfide) groups is 1. The zero-order valence-electron chi connectivity index (χ0n) is 17.7. The number of carbonyl (C=O) groups is 1. The molecule has 170 valence electrons. The van der Waals surface area contributed by atoms with Crippen molar-refractivity contribution < 1.29 is 18.3 Å². The lowest BCUT2D eigenvalue weighted by molar-refractivity contribution is -0.113. The van der Waals surface area contributed by atoms with Crippen LogP contribution in [0.3, 0.4) is 0 Å². The van der Waals surface area contributed by atoms with E-state index in [4.69, 9.17) is 4.98 Å². The number of ether oxygens (including phenoxy) is 1. The van der Waals surface area contributed by atoms with E-state index < -0.39 is 12.5 Å². The monoisotopic (exact) mass is 479 g/mol. The number of amides is 1. The quantitative estimate of drug-likeness (QED) is 0.384. The van der Waals surface area contributed by atoms with Gasteiger partial charge in [-0.15, -0.1) is 11.3 Å². The Bertz CT molecular complexity index is 1210. The van der Waals surface area contributed by atoms with Gasteiger partial charge in [-0.3, -0.25) is 14.2 Å². The number of carbonyl (C=O) groups excluding carboxylic acids is 1. The number of rotatable bonds is 7. The summed E-state index contributed by atoms with van der Waals surface area (Å²) in [6.45, 7) is 1.54. The fourth-order valence-electron chi connectivity index (χ4n) is 3.88. The molecule has 0 radical (unpaired) electrons. The van der Waals surface area contributed by atoms with Gasteiger partial charge in [0.05, 0.1) is 16.8 Å². The third kappa shape index (κ3) is 4.66. The van der Waals surface area contributed by atoms with Gasteiger partial charge in [-0.1, -0.05) is 30.8 Å². The lowest BCUT2D eigenvalue weighted by Gasteiger charge is -2.17. The Kier molecular flexibility index (Phi) is 6.80. The molecule has 2 heterocycles. The highest BCUT2D eigenvalue weighted by molar-refractivity contribution is 7.99. The fourth-order valence-corrected chi connectivity index (χ4v) is 6.17. The zero-order valence-corrected chi connectivity index (χ0v) is 19.3. The van der Waals surface area contributed by atoms with Gasteiger partial charge in [0.2, 0.25) is 5.91 Å². The molecular formula is C22H23F2N3O3S2. The van der Waals surface area contributed by atoms with Crippen molar-refractivity contribution in [3.8, 4) is 5.75 Å². The third-order valence-corrected chi connectivity index (χ3v) is 7.53. The van der Waals surface area contributed by atoms with Crippen molar-refractivity contribution in [1.29, 1.82) is 0 Å². The minimum Gasteiger partial charge on any atom is -0.433 e. The Morgan fingerprint density at radius 2 is 2.19 bits per heavy atom. The molecule has 2 aromatic heterocycles. The summed E-state index contributed by atoms with van der Waals surface area (Å²) in [4.78, 5) is 32.4. The van der Waals surface area contributed by atoms with Crippen LogP contribution in [-0.4, -0.2) is 27.8 Å². The third-order valence-electron chi connectivity index (χ3n) is 5.41. The number of anilines is 1. The summed E-state index contributed by atoms with van der Waals surface area (Å²) in [7, 11) is 0. The van der Waals surface area contributed by atoms with Gasteiger partial charge in [0.25, 0.3) is 5.56 Å². The predicted molar refractivity (Wildman–Crippen MR) is 123 cm³/mol. The van der Waals surface area contributed by atoms with Gasteiger partial charge in [-0.05, 0) is 49.8 Å². The van der Waals surface area contributed by atoms with Gasteiger partial charge in [0.15, 0.2) is 5.16 Å². The minimum absolute atomic E-state index is 0.0247. The number of hydrogen-bond donors (Lipinski definition) is 1. The molecule has 1 amide bonds. The van der Waals surface area contributed by atoms with E-state index in [1.54, 1.807) is 28.0 Å². The predicted octanol–water partition coefficient (Wildman–Crippen LogP) is 4.93. The van der Waals surface area contributed by atoms with E-state index in [2.05, 4.69) is 17.0 Å². The summed E-state index contributed by atoms with van der Waals surface area (Å²) < 4.78 is 31.2. The van der Waals surface area contributed by atoms with E-state index in [9.17, 15) is 18.4 Å². The maximum atomic E-state index is 13.2. The van der Waals surface area contributed by atoms with Crippen LogP contribution in [0.4, 0.5) is 14.5 Å². The molecule has 0 aliphatic heterocycles. The van der Waals surface area contributed by atoms with E-state index in [0.717, 1.165) is 41.4 Å². The van der Waals surface area contributed by atoms with Crippen molar-refractivity contribution >= 4 is 44.9 Å². The maximum absolute atomic E-state index is 13.2. The van der Waals surface area contributed by atoms with Gasteiger partial charge < -0.3 is 10.1 Å². The highest BCUT2D eigenvalue weighted by Crippen LogP contribution is 2.36. The Hall–Kier alpha value is -2.46. The Morgan fingerprint density at radius 1 is 1.41 bits per heavy atom. The molecule has 3 aromatic rings. The lowest BCUT2D eigenvalue weighted by Crippen LogP contribution is -2.24. The van der Waals surface area contributed by atoms with Crippen LogP contribution in [0.5, 0.6) is 5.75 Å². The molecule has 4 rings (SSSR count). The summed E-state index contributed by atoms with van der Waals surface area (Å²) >= 11 is 2.72. The largest absolute Gasteiger partial charge is 0.433 e. The summed E-state index contributed by atoms with van der Waals surface area (Å²) in [6, 6.07) is 6.01. The number of aromatic nitrogens is 2. The van der Waals surface area contributed by atoms with Crippen molar-refractivity contribution in [2.45, 2.75) is 51.4 Å². The second-order valence-corrected chi connectivity index (χ2v) is 9.71. The first-order chi connectivity index (χ1) is 15.4. The fraction of sp³-hybridized carbons (Fsp3) is 0.409. The van der Waals surface area contributed by atoms with Crippen LogP contribution >= 0.6 is 23.1 Å². The van der Waals surface area contributed by atoms with Gasteiger partial charge in [-0.2, -0.15) is 8.78 Å². The van der Waals surface area contributed by atoms with Gasteiger partial charge in [0, 0.05) is 11.4 Å². The molecule has 0 saturated carbocycles. The number of nitrogens with one attached hydrogen (secondary N) is 1.